The largest absolute Gasteiger partial charge is 0.468 e. The van der Waals surface area contributed by atoms with Crippen LogP contribution < -0.4 is 0 Å². The first-order valence-corrected chi connectivity index (χ1v) is 3.41. The van der Waals surface area contributed by atoms with Gasteiger partial charge in [0, 0.05) is 0 Å². The molecule has 54 valence electrons. The van der Waals surface area contributed by atoms with Crippen LogP contribution in [0, 0.1) is 0 Å². The monoisotopic (exact) mass is 196 g/mol. The molecular weight excluding hydrogens is 188 g/mol. The van der Waals surface area contributed by atoms with Crippen LogP contribution in [0.4, 0.5) is 0 Å². The van der Waals surface area contributed by atoms with Crippen LogP contribution in [-0.2, 0) is 9.53 Å². The molecule has 0 heterocycles. The molecule has 0 rings (SSSR count). The van der Waals surface area contributed by atoms with Crippen molar-refractivity contribution < 1.29 is 14.6 Å². The molecular formula is C5H9BrO3. The highest BCUT2D eigenvalue weighted by molar-refractivity contribution is 9.10. The number of carbonyl (C=O) groups is 1. The second kappa shape index (κ2) is 3.85. The fourth-order valence-corrected chi connectivity index (χ4v) is 0.496. The minimum Gasteiger partial charge on any atom is -0.468 e. The summed E-state index contributed by atoms with van der Waals surface area (Å²) in [4.78, 5) is 9.92. The van der Waals surface area contributed by atoms with Crippen molar-refractivity contribution in [2.24, 2.45) is 0 Å². The fourth-order valence-electron chi connectivity index (χ4n) is 0.310. The molecule has 0 aliphatic rings. The molecule has 0 bridgehead atoms. The molecule has 0 aromatic rings. The standard InChI is InChI=1S/C5H9BrO3/c1-3(7)4(6)5(8)9-2/h3-4,7H,1-2H3/t3-,4+/m1/s1. The van der Waals surface area contributed by atoms with Crippen molar-refractivity contribution in [1.29, 1.82) is 0 Å². The Hall–Kier alpha value is -0.0900. The number of halogens is 1. The predicted octanol–water partition coefficient (Wildman–Crippen LogP) is 0.304. The maximum absolute atomic E-state index is 10.5. The number of alkyl halides is 1. The Morgan fingerprint density at radius 3 is 2.33 bits per heavy atom. The van der Waals surface area contributed by atoms with Gasteiger partial charge in [-0.2, -0.15) is 0 Å². The summed E-state index contributed by atoms with van der Waals surface area (Å²) in [6.07, 6.45) is -0.711. The van der Waals surface area contributed by atoms with Crippen molar-refractivity contribution in [2.45, 2.75) is 17.9 Å². The first kappa shape index (κ1) is 8.91. The minimum absolute atomic E-state index is 0.454. The SMILES string of the molecule is COC(=O)[C@@H](Br)[C@@H](C)O. The van der Waals surface area contributed by atoms with Crippen molar-refractivity contribution >= 4 is 21.9 Å². The van der Waals surface area contributed by atoms with Gasteiger partial charge < -0.3 is 9.84 Å². The van der Waals surface area contributed by atoms with Gasteiger partial charge >= 0.3 is 5.97 Å². The number of carbonyl (C=O) groups excluding carboxylic acids is 1. The minimum atomic E-state index is -0.711. The normalized spacial score (nSPS) is 16.4. The second-order valence-corrected chi connectivity index (χ2v) is 2.65. The van der Waals surface area contributed by atoms with Crippen LogP contribution in [0.15, 0.2) is 0 Å². The van der Waals surface area contributed by atoms with Crippen LogP contribution in [0.5, 0.6) is 0 Å². The molecule has 0 aliphatic carbocycles. The molecule has 0 aromatic heterocycles. The lowest BCUT2D eigenvalue weighted by Gasteiger charge is -2.08. The van der Waals surface area contributed by atoms with Crippen molar-refractivity contribution in [3.8, 4) is 0 Å². The van der Waals surface area contributed by atoms with E-state index in [0.29, 0.717) is 0 Å². The van der Waals surface area contributed by atoms with Crippen molar-refractivity contribution in [3.63, 3.8) is 0 Å². The number of hydrogen-bond acceptors (Lipinski definition) is 3. The van der Waals surface area contributed by atoms with E-state index >= 15 is 0 Å². The van der Waals surface area contributed by atoms with E-state index in [0.717, 1.165) is 0 Å². The zero-order valence-corrected chi connectivity index (χ0v) is 6.88. The highest BCUT2D eigenvalue weighted by Crippen LogP contribution is 2.06. The number of ether oxygens (including phenoxy) is 1. The average molecular weight is 197 g/mol. The molecule has 0 saturated heterocycles. The molecule has 0 aromatic carbocycles. The lowest BCUT2D eigenvalue weighted by Crippen LogP contribution is -2.26. The van der Waals surface area contributed by atoms with E-state index in [1.807, 2.05) is 0 Å². The Labute approximate surface area is 62.1 Å². The van der Waals surface area contributed by atoms with E-state index < -0.39 is 16.9 Å². The molecule has 0 unspecified atom stereocenters. The lowest BCUT2D eigenvalue weighted by molar-refractivity contribution is -0.141. The number of hydrogen-bond donors (Lipinski definition) is 1. The Bertz CT molecular complexity index is 102. The summed E-state index contributed by atoms with van der Waals surface area (Å²) in [7, 11) is 1.28. The molecule has 3 nitrogen and oxygen atoms in total. The van der Waals surface area contributed by atoms with Crippen LogP contribution in [0.2, 0.25) is 0 Å². The Balaban J connectivity index is 3.72. The zero-order valence-electron chi connectivity index (χ0n) is 5.30. The topological polar surface area (TPSA) is 46.5 Å². The Morgan fingerprint density at radius 1 is 1.78 bits per heavy atom. The van der Waals surface area contributed by atoms with Crippen LogP contribution in [0.3, 0.4) is 0 Å². The molecule has 0 spiro atoms. The number of aliphatic hydroxyl groups excluding tert-OH is 1. The van der Waals surface area contributed by atoms with Gasteiger partial charge in [0.2, 0.25) is 0 Å². The number of esters is 1. The van der Waals surface area contributed by atoms with Gasteiger partial charge in [0.25, 0.3) is 0 Å². The van der Waals surface area contributed by atoms with Gasteiger partial charge in [-0.25, -0.2) is 0 Å². The molecule has 4 heteroatoms. The average Bonchev–Trinajstić information content (AvgIpc) is 1.84. The molecule has 0 aliphatic heterocycles. The Kier molecular flexibility index (Phi) is 3.81. The van der Waals surface area contributed by atoms with Gasteiger partial charge in [-0.3, -0.25) is 4.79 Å². The van der Waals surface area contributed by atoms with Gasteiger partial charge in [0.15, 0.2) is 0 Å². The summed E-state index contributed by atoms with van der Waals surface area (Å²) in [5, 5.41) is 8.77. The highest BCUT2D eigenvalue weighted by atomic mass is 79.9. The van der Waals surface area contributed by atoms with Crippen LogP contribution in [-0.4, -0.2) is 29.1 Å². The van der Waals surface area contributed by atoms with Crippen LogP contribution >= 0.6 is 15.9 Å². The smallest absolute Gasteiger partial charge is 0.322 e. The van der Waals surface area contributed by atoms with E-state index in [1.165, 1.54) is 14.0 Å². The number of rotatable bonds is 2. The summed E-state index contributed by atoms with van der Waals surface area (Å²) in [5.74, 6) is -0.454. The maximum atomic E-state index is 10.5. The first-order valence-electron chi connectivity index (χ1n) is 2.49. The van der Waals surface area contributed by atoms with E-state index in [2.05, 4.69) is 20.7 Å². The summed E-state index contributed by atoms with van der Waals surface area (Å²) < 4.78 is 4.33. The molecule has 9 heavy (non-hydrogen) atoms. The predicted molar refractivity (Wildman–Crippen MR) is 36.4 cm³/mol. The Morgan fingerprint density at radius 2 is 2.22 bits per heavy atom. The third-order valence-corrected chi connectivity index (χ3v) is 1.99. The van der Waals surface area contributed by atoms with Gasteiger partial charge in [-0.1, -0.05) is 15.9 Å². The molecule has 0 radical (unpaired) electrons. The van der Waals surface area contributed by atoms with Gasteiger partial charge in [-0.15, -0.1) is 0 Å². The number of methoxy groups -OCH3 is 1. The van der Waals surface area contributed by atoms with Crippen LogP contribution in [0.1, 0.15) is 6.92 Å². The molecule has 0 saturated carbocycles. The third-order valence-electron chi connectivity index (χ3n) is 0.850. The number of aliphatic hydroxyl groups is 1. The molecule has 0 fully saturated rings. The first-order chi connectivity index (χ1) is 4.09. The zero-order chi connectivity index (χ0) is 7.44. The van der Waals surface area contributed by atoms with E-state index in [-0.39, 0.29) is 0 Å². The second-order valence-electron chi connectivity index (χ2n) is 1.67. The molecule has 0 amide bonds. The molecule has 1 N–H and O–H groups in total. The van der Waals surface area contributed by atoms with Gasteiger partial charge in [0.05, 0.1) is 13.2 Å². The van der Waals surface area contributed by atoms with Gasteiger partial charge in [0.1, 0.15) is 4.83 Å². The van der Waals surface area contributed by atoms with E-state index in [9.17, 15) is 4.79 Å². The maximum Gasteiger partial charge on any atom is 0.322 e. The van der Waals surface area contributed by atoms with E-state index in [1.54, 1.807) is 0 Å². The van der Waals surface area contributed by atoms with Crippen LogP contribution in [0.25, 0.3) is 0 Å². The summed E-state index contributed by atoms with van der Waals surface area (Å²) in [6, 6.07) is 0. The highest BCUT2D eigenvalue weighted by Gasteiger charge is 2.19. The summed E-state index contributed by atoms with van der Waals surface area (Å²) >= 11 is 2.94. The van der Waals surface area contributed by atoms with Crippen molar-refractivity contribution in [1.82, 2.24) is 0 Å². The summed E-state index contributed by atoms with van der Waals surface area (Å²) in [5.41, 5.74) is 0. The van der Waals surface area contributed by atoms with Gasteiger partial charge in [-0.05, 0) is 6.92 Å². The molecule has 2 atom stereocenters. The van der Waals surface area contributed by atoms with Crippen molar-refractivity contribution in [3.05, 3.63) is 0 Å². The quantitative estimate of drug-likeness (QED) is 0.511. The third kappa shape index (κ3) is 2.81. The van der Waals surface area contributed by atoms with E-state index in [4.69, 9.17) is 5.11 Å². The summed E-state index contributed by atoms with van der Waals surface area (Å²) in [6.45, 7) is 1.51. The fraction of sp³-hybridized carbons (Fsp3) is 0.800. The lowest BCUT2D eigenvalue weighted by atomic mass is 10.3. The van der Waals surface area contributed by atoms with Crippen molar-refractivity contribution in [2.75, 3.05) is 7.11 Å².